The average Bonchev–Trinajstić information content (AvgIpc) is 0.719. The van der Waals surface area contributed by atoms with Crippen molar-refractivity contribution >= 4 is 23.9 Å². The zero-order valence-electron chi connectivity index (χ0n) is 54.8. The number of ether oxygens (including phenoxy) is 11. The molecule has 0 bridgehead atoms. The van der Waals surface area contributed by atoms with Gasteiger partial charge in [0.2, 0.25) is 0 Å². The van der Waals surface area contributed by atoms with E-state index < -0.39 is 223 Å². The molecule has 0 spiro atoms. The Morgan fingerprint density at radius 3 is 1.84 bits per heavy atom. The Morgan fingerprint density at radius 2 is 1.25 bits per heavy atom. The topological polar surface area (TPSA) is 413 Å². The SMILES string of the molecule is C/C=C(/C)C(=O)O[C@H]1[C@H](OC(=O)/C(C)=C\C)[C@@H](C)OC(O[C@H]2[C@H](O)[C@@]3(COC(C)=O)C(CC2(C)C)C2=CCC4[C@@]5(C)CC[C@H](O[C@@H]6O[C@H](C(=O)O)[C@@H](O)[C@H](O[C@@H]7O[C@@H](CO)[C@H](O)[C@H]7O)[C@H]6O[C@H]6O[C@H](O)[C@@H](O)[C@@H](O)[C@H]6CO)C(C)(C)C5CC[C@@]4(C)[C@]2(C)C[C@H]3O)[C@H]1O. The van der Waals surface area contributed by atoms with E-state index in [9.17, 15) is 80.5 Å². The molecule has 0 amide bonds. The van der Waals surface area contributed by atoms with Gasteiger partial charge in [-0.1, -0.05) is 72.3 Å². The highest BCUT2D eigenvalue weighted by Gasteiger charge is 2.74. The highest BCUT2D eigenvalue weighted by molar-refractivity contribution is 5.88. The summed E-state index contributed by atoms with van der Waals surface area (Å²) >= 11 is 0. The van der Waals surface area contributed by atoms with Crippen molar-refractivity contribution in [2.24, 2.45) is 56.2 Å². The van der Waals surface area contributed by atoms with Crippen molar-refractivity contribution in [2.75, 3.05) is 19.8 Å². The highest BCUT2D eigenvalue weighted by Crippen LogP contribution is 2.76. The Hall–Kier alpha value is -3.66. The third kappa shape index (κ3) is 12.3. The van der Waals surface area contributed by atoms with Gasteiger partial charge in [0.05, 0.1) is 61.2 Å². The second kappa shape index (κ2) is 27.0. The second-order valence-electron chi connectivity index (χ2n) is 29.4. The molecule has 12 N–H and O–H groups in total. The van der Waals surface area contributed by atoms with Gasteiger partial charge < -0.3 is 113 Å². The molecule has 4 aliphatic heterocycles. The van der Waals surface area contributed by atoms with Crippen LogP contribution in [-0.2, 0) is 71.3 Å². The Kier molecular flexibility index (Phi) is 21.3. The largest absolute Gasteiger partial charge is 0.479 e. The van der Waals surface area contributed by atoms with Crippen LogP contribution in [0.25, 0.3) is 0 Å². The van der Waals surface area contributed by atoms with Crippen LogP contribution >= 0.6 is 0 Å². The predicted octanol–water partition coefficient (Wildman–Crippen LogP) is 0.920. The molecule has 522 valence electrons. The van der Waals surface area contributed by atoms with Crippen LogP contribution in [0.4, 0.5) is 0 Å². The number of aliphatic carboxylic acids is 1. The molecule has 0 radical (unpaired) electrons. The van der Waals surface area contributed by atoms with Crippen LogP contribution in [-0.4, -0.2) is 240 Å². The van der Waals surface area contributed by atoms with Gasteiger partial charge in [0, 0.05) is 18.1 Å². The van der Waals surface area contributed by atoms with Gasteiger partial charge in [0.15, 0.2) is 49.8 Å². The van der Waals surface area contributed by atoms with Crippen molar-refractivity contribution in [3.63, 3.8) is 0 Å². The van der Waals surface area contributed by atoms with Crippen molar-refractivity contribution in [1.29, 1.82) is 0 Å². The molecule has 5 aliphatic carbocycles. The van der Waals surface area contributed by atoms with Gasteiger partial charge in [-0.25, -0.2) is 14.4 Å². The van der Waals surface area contributed by atoms with Gasteiger partial charge >= 0.3 is 23.9 Å². The van der Waals surface area contributed by atoms with Crippen molar-refractivity contribution in [2.45, 2.75) is 270 Å². The summed E-state index contributed by atoms with van der Waals surface area (Å²) in [6.07, 6.45) is -27.4. The molecule has 9 aliphatic rings. The third-order valence-corrected chi connectivity index (χ3v) is 23.7. The van der Waals surface area contributed by atoms with E-state index in [1.165, 1.54) is 19.9 Å². The average molecular weight is 1310 g/mol. The molecule has 27 heteroatoms. The van der Waals surface area contributed by atoms with Crippen LogP contribution in [0.1, 0.15) is 135 Å². The molecule has 0 aromatic rings. The van der Waals surface area contributed by atoms with Crippen LogP contribution in [0.5, 0.6) is 0 Å². The number of aliphatic hydroxyl groups excluding tert-OH is 11. The number of fused-ring (bicyclic) bond motifs is 7. The molecule has 4 heterocycles. The maximum atomic E-state index is 13.4. The number of aliphatic hydroxyl groups is 11. The summed E-state index contributed by atoms with van der Waals surface area (Å²) in [4.78, 5) is 52.4. The summed E-state index contributed by atoms with van der Waals surface area (Å²) in [7, 11) is 0. The molecule has 0 aromatic carbocycles. The van der Waals surface area contributed by atoms with Gasteiger partial charge in [0.25, 0.3) is 0 Å². The van der Waals surface area contributed by atoms with Crippen LogP contribution < -0.4 is 0 Å². The number of allylic oxidation sites excluding steroid dienone is 4. The summed E-state index contributed by atoms with van der Waals surface area (Å²) in [5.41, 5.74) is -3.53. The quantitative estimate of drug-likeness (QED) is 0.0317. The number of hydrogen-bond donors (Lipinski definition) is 12. The highest BCUT2D eigenvalue weighted by atomic mass is 16.8. The first-order valence-electron chi connectivity index (χ1n) is 32.3. The van der Waals surface area contributed by atoms with Gasteiger partial charge in [-0.15, -0.1) is 0 Å². The zero-order chi connectivity index (χ0) is 68.0. The standard InChI is InChI=1S/C65H100O27/c1-14-27(3)53(79)86-45-29(5)83-58(44(75)47(45)87-54(80)28(4)15-2)91-51-50(76)65(26-82-30(6)68)33(22-60(51,7)8)32-16-17-36-62(11)20-19-38(61(9,10)35(62)18-21-63(36,12)64(32,13)23-37(65)69)85-59-49(90-56-31(24-66)39(70)41(72)55(81)92-56)46(43(74)48(89-59)52(77)78)88-57-42(73)40(71)34(25-67)84-57/h14-16,29,31,33-51,55-59,66-67,69-76,81H,17-26H2,1-13H3,(H,77,78)/b27-14-,28-15-/t29-,31-,33?,34+,35?,36?,37-,38+,39+,40+,41+,42-,43+,44+,45-,46+,47-,48+,49-,50+,51+,55+,56+,57+,58?,59-,62+,63-,64-,65+/m1/s1. The van der Waals surface area contributed by atoms with Crippen molar-refractivity contribution in [3.8, 4) is 0 Å². The summed E-state index contributed by atoms with van der Waals surface area (Å²) in [6, 6.07) is 0. The van der Waals surface area contributed by atoms with E-state index in [2.05, 4.69) is 26.8 Å². The summed E-state index contributed by atoms with van der Waals surface area (Å²) in [6.45, 7) is 21.8. The normalized spacial score (nSPS) is 48.4. The lowest BCUT2D eigenvalue weighted by Crippen LogP contribution is -2.72. The van der Waals surface area contributed by atoms with E-state index in [-0.39, 0.29) is 35.8 Å². The lowest BCUT2D eigenvalue weighted by molar-refractivity contribution is -0.395. The van der Waals surface area contributed by atoms with Crippen LogP contribution in [0.2, 0.25) is 0 Å². The number of hydrogen-bond acceptors (Lipinski definition) is 26. The number of carboxylic acid groups (broad SMARTS) is 1. The van der Waals surface area contributed by atoms with E-state index in [4.69, 9.17) is 52.1 Å². The first-order valence-corrected chi connectivity index (χ1v) is 32.3. The maximum absolute atomic E-state index is 13.4. The van der Waals surface area contributed by atoms with E-state index >= 15 is 0 Å². The van der Waals surface area contributed by atoms with Crippen molar-refractivity contribution in [3.05, 3.63) is 34.9 Å². The molecule has 9 rings (SSSR count). The first kappa shape index (κ1) is 72.6. The minimum absolute atomic E-state index is 0.0431. The molecule has 4 unspecified atom stereocenters. The molecule has 8 fully saturated rings. The van der Waals surface area contributed by atoms with Gasteiger partial charge in [-0.05, 0) is 124 Å². The van der Waals surface area contributed by atoms with Gasteiger partial charge in [-0.3, -0.25) is 4.79 Å². The number of carbonyl (C=O) groups excluding carboxylic acids is 3. The van der Waals surface area contributed by atoms with E-state index in [0.29, 0.717) is 32.1 Å². The molecular weight excluding hydrogens is 1210 g/mol. The molecule has 92 heavy (non-hydrogen) atoms. The summed E-state index contributed by atoms with van der Waals surface area (Å²) < 4.78 is 67.2. The zero-order valence-corrected chi connectivity index (χ0v) is 54.8. The smallest absolute Gasteiger partial charge is 0.335 e. The Bertz CT molecular complexity index is 2790. The Morgan fingerprint density at radius 1 is 0.630 bits per heavy atom. The Balaban J connectivity index is 1.01. The number of carbonyl (C=O) groups is 4. The summed E-state index contributed by atoms with van der Waals surface area (Å²) in [5.74, 6) is -6.01. The molecule has 4 saturated heterocycles. The fourth-order valence-corrected chi connectivity index (χ4v) is 17.9. The Labute approximate surface area is 535 Å². The summed E-state index contributed by atoms with van der Waals surface area (Å²) in [5, 5.41) is 135. The van der Waals surface area contributed by atoms with E-state index in [1.54, 1.807) is 33.8 Å². The predicted molar refractivity (Wildman–Crippen MR) is 316 cm³/mol. The lowest BCUT2D eigenvalue weighted by Gasteiger charge is -2.72. The molecule has 27 nitrogen and oxygen atoms in total. The lowest BCUT2D eigenvalue weighted by atomic mass is 9.33. The second-order valence-corrected chi connectivity index (χ2v) is 29.4. The van der Waals surface area contributed by atoms with Gasteiger partial charge in [-0.2, -0.15) is 0 Å². The molecular formula is C65H100O27. The monoisotopic (exact) mass is 1310 g/mol. The van der Waals surface area contributed by atoms with Crippen molar-refractivity contribution in [1.82, 2.24) is 0 Å². The fraction of sp³-hybridized carbons (Fsp3) is 0.846. The van der Waals surface area contributed by atoms with Crippen LogP contribution in [0.3, 0.4) is 0 Å². The van der Waals surface area contributed by atoms with E-state index in [0.717, 1.165) is 5.57 Å². The van der Waals surface area contributed by atoms with Crippen molar-refractivity contribution < 1.29 is 133 Å². The number of rotatable bonds is 17. The minimum Gasteiger partial charge on any atom is -0.479 e. The number of esters is 3. The van der Waals surface area contributed by atoms with Crippen LogP contribution in [0, 0.1) is 56.2 Å². The molecule has 0 aromatic heterocycles. The van der Waals surface area contributed by atoms with Crippen LogP contribution in [0.15, 0.2) is 34.9 Å². The fourth-order valence-electron chi connectivity index (χ4n) is 17.9. The molecule has 30 atom stereocenters. The minimum atomic E-state index is -2.13. The molecule has 4 saturated carbocycles. The first-order chi connectivity index (χ1) is 42.9. The third-order valence-electron chi connectivity index (χ3n) is 23.7. The van der Waals surface area contributed by atoms with E-state index in [1.807, 2.05) is 27.7 Å². The van der Waals surface area contributed by atoms with Gasteiger partial charge in [0.1, 0.15) is 55.4 Å². The number of carboxylic acids is 1. The maximum Gasteiger partial charge on any atom is 0.335 e.